The number of para-hydroxylation sites is 1. The molecule has 148 valence electrons. The summed E-state index contributed by atoms with van der Waals surface area (Å²) in [5.74, 6) is 2.74. The van der Waals surface area contributed by atoms with Crippen LogP contribution in [-0.4, -0.2) is 34.6 Å². The van der Waals surface area contributed by atoms with Crippen molar-refractivity contribution in [3.8, 4) is 34.4 Å². The van der Waals surface area contributed by atoms with Crippen molar-refractivity contribution in [1.29, 1.82) is 0 Å². The Morgan fingerprint density at radius 2 is 1.59 bits per heavy atom. The number of nitrogens with zero attached hydrogens (tertiary/aromatic N) is 4. The lowest BCUT2D eigenvalue weighted by atomic mass is 10.2. The first-order chi connectivity index (χ1) is 14.2. The number of benzene rings is 2. The molecule has 0 aliphatic heterocycles. The molecule has 0 N–H and O–H groups in total. The third-order valence-electron chi connectivity index (χ3n) is 3.92. The minimum absolute atomic E-state index is 0.312. The quantitative estimate of drug-likeness (QED) is 0.384. The first-order valence-electron chi connectivity index (χ1n) is 8.44. The first kappa shape index (κ1) is 19.3. The molecule has 0 radical (unpaired) electrons. The molecule has 2 aromatic heterocycles. The Morgan fingerprint density at radius 3 is 2.41 bits per heavy atom. The molecule has 2 aromatic carbocycles. The molecule has 2 heterocycles. The van der Waals surface area contributed by atoms with Gasteiger partial charge in [-0.15, -0.1) is 20.4 Å². The Kier molecular flexibility index (Phi) is 5.68. The van der Waals surface area contributed by atoms with Gasteiger partial charge in [-0.25, -0.2) is 0 Å². The zero-order chi connectivity index (χ0) is 20.2. The number of halogens is 1. The van der Waals surface area contributed by atoms with E-state index in [9.17, 15) is 0 Å². The van der Waals surface area contributed by atoms with Crippen LogP contribution in [0.5, 0.6) is 11.5 Å². The maximum Gasteiger partial charge on any atom is 0.277 e. The second kappa shape index (κ2) is 8.54. The topological polar surface area (TPSA) is 96.3 Å². The Balaban J connectivity index is 1.47. The van der Waals surface area contributed by atoms with Gasteiger partial charge in [0.05, 0.1) is 31.1 Å². The molecule has 0 amide bonds. The van der Waals surface area contributed by atoms with E-state index in [1.165, 1.54) is 11.8 Å². The minimum atomic E-state index is 0.312. The highest BCUT2D eigenvalue weighted by atomic mass is 35.5. The highest BCUT2D eigenvalue weighted by Crippen LogP contribution is 2.34. The van der Waals surface area contributed by atoms with Crippen LogP contribution in [0.25, 0.3) is 22.9 Å². The van der Waals surface area contributed by atoms with Crippen molar-refractivity contribution in [2.45, 2.75) is 11.0 Å². The normalized spacial score (nSPS) is 10.9. The lowest BCUT2D eigenvalue weighted by Crippen LogP contribution is -1.87. The van der Waals surface area contributed by atoms with Gasteiger partial charge in [0.2, 0.25) is 5.89 Å². The molecule has 10 heteroatoms. The molecule has 4 aromatic rings. The van der Waals surface area contributed by atoms with E-state index in [0.29, 0.717) is 50.7 Å². The van der Waals surface area contributed by atoms with Crippen molar-refractivity contribution in [2.24, 2.45) is 0 Å². The van der Waals surface area contributed by atoms with Crippen LogP contribution in [0, 0.1) is 0 Å². The summed E-state index contributed by atoms with van der Waals surface area (Å²) in [6, 6.07) is 12.6. The van der Waals surface area contributed by atoms with Gasteiger partial charge in [0, 0.05) is 5.02 Å². The summed E-state index contributed by atoms with van der Waals surface area (Å²) >= 11 is 7.34. The van der Waals surface area contributed by atoms with Gasteiger partial charge in [0.15, 0.2) is 0 Å². The lowest BCUT2D eigenvalue weighted by molar-refractivity contribution is 0.411. The number of hydrogen-bond donors (Lipinski definition) is 0. The number of rotatable bonds is 7. The molecule has 0 saturated carbocycles. The average molecular weight is 431 g/mol. The van der Waals surface area contributed by atoms with Gasteiger partial charge in [-0.1, -0.05) is 35.5 Å². The van der Waals surface area contributed by atoms with Gasteiger partial charge in [-0.05, 0) is 30.3 Å². The summed E-state index contributed by atoms with van der Waals surface area (Å²) in [5, 5.41) is 17.2. The first-order valence-corrected chi connectivity index (χ1v) is 9.80. The number of thioether (sulfide) groups is 1. The van der Waals surface area contributed by atoms with E-state index >= 15 is 0 Å². The van der Waals surface area contributed by atoms with E-state index in [4.69, 9.17) is 29.9 Å². The van der Waals surface area contributed by atoms with E-state index in [2.05, 4.69) is 20.4 Å². The fourth-order valence-corrected chi connectivity index (χ4v) is 3.36. The summed E-state index contributed by atoms with van der Waals surface area (Å²) in [6.45, 7) is 0. The van der Waals surface area contributed by atoms with Crippen molar-refractivity contribution in [3.05, 3.63) is 53.4 Å². The Hall–Kier alpha value is -3.04. The van der Waals surface area contributed by atoms with Crippen molar-refractivity contribution in [3.63, 3.8) is 0 Å². The molecule has 0 bridgehead atoms. The van der Waals surface area contributed by atoms with Crippen LogP contribution >= 0.6 is 23.4 Å². The fourth-order valence-electron chi connectivity index (χ4n) is 2.59. The van der Waals surface area contributed by atoms with Crippen LogP contribution in [0.1, 0.15) is 5.89 Å². The fraction of sp³-hybridized carbons (Fsp3) is 0.158. The number of aromatic nitrogens is 4. The van der Waals surface area contributed by atoms with Gasteiger partial charge in [0.25, 0.3) is 17.0 Å². The molecule has 0 fully saturated rings. The van der Waals surface area contributed by atoms with Crippen LogP contribution in [0.2, 0.25) is 5.02 Å². The molecule has 4 rings (SSSR count). The van der Waals surface area contributed by atoms with Crippen molar-refractivity contribution >= 4 is 23.4 Å². The van der Waals surface area contributed by atoms with Crippen LogP contribution in [0.15, 0.2) is 56.5 Å². The molecule has 0 aliphatic rings. The molecular weight excluding hydrogens is 416 g/mol. The highest BCUT2D eigenvalue weighted by molar-refractivity contribution is 7.98. The third-order valence-corrected chi connectivity index (χ3v) is 4.96. The predicted octanol–water partition coefficient (Wildman–Crippen LogP) is 4.75. The number of methoxy groups -OCH3 is 2. The van der Waals surface area contributed by atoms with Crippen molar-refractivity contribution < 1.29 is 18.3 Å². The Labute approximate surface area is 175 Å². The predicted molar refractivity (Wildman–Crippen MR) is 107 cm³/mol. The molecule has 0 spiro atoms. The van der Waals surface area contributed by atoms with Crippen LogP contribution in [-0.2, 0) is 5.75 Å². The van der Waals surface area contributed by atoms with Gasteiger partial charge in [-0.3, -0.25) is 0 Å². The summed E-state index contributed by atoms with van der Waals surface area (Å²) in [5.41, 5.74) is 1.35. The van der Waals surface area contributed by atoms with E-state index < -0.39 is 0 Å². The van der Waals surface area contributed by atoms with E-state index in [1.807, 2.05) is 24.3 Å². The van der Waals surface area contributed by atoms with Gasteiger partial charge in [0.1, 0.15) is 11.5 Å². The summed E-state index contributed by atoms with van der Waals surface area (Å²) in [7, 11) is 3.15. The van der Waals surface area contributed by atoms with Crippen LogP contribution < -0.4 is 9.47 Å². The average Bonchev–Trinajstić information content (AvgIpc) is 3.42. The molecule has 0 saturated heterocycles. The van der Waals surface area contributed by atoms with Gasteiger partial charge >= 0.3 is 0 Å². The van der Waals surface area contributed by atoms with Crippen LogP contribution in [0.4, 0.5) is 0 Å². The zero-order valence-corrected chi connectivity index (χ0v) is 17.0. The standard InChI is InChI=1S/C19H15ClN4O4S/c1-25-14-6-4-3-5-12(14)17-22-21-16(27-17)10-29-19-24-23-18(28-19)13-9-11(20)7-8-15(13)26-2/h3-9H,10H2,1-2H3. The minimum Gasteiger partial charge on any atom is -0.496 e. The number of hydrogen-bond acceptors (Lipinski definition) is 9. The van der Waals surface area contributed by atoms with Gasteiger partial charge in [-0.2, -0.15) is 0 Å². The number of ether oxygens (including phenoxy) is 2. The second-order valence-electron chi connectivity index (χ2n) is 5.71. The molecular formula is C19H15ClN4O4S. The summed E-state index contributed by atoms with van der Waals surface area (Å²) in [4.78, 5) is 0. The largest absolute Gasteiger partial charge is 0.496 e. The maximum atomic E-state index is 6.06. The van der Waals surface area contributed by atoms with E-state index in [-0.39, 0.29) is 0 Å². The van der Waals surface area contributed by atoms with Crippen molar-refractivity contribution in [2.75, 3.05) is 14.2 Å². The van der Waals surface area contributed by atoms with Gasteiger partial charge < -0.3 is 18.3 Å². The molecule has 29 heavy (non-hydrogen) atoms. The Bertz CT molecular complexity index is 1130. The maximum absolute atomic E-state index is 6.06. The summed E-state index contributed by atoms with van der Waals surface area (Å²) in [6.07, 6.45) is 0. The van der Waals surface area contributed by atoms with Crippen molar-refractivity contribution in [1.82, 2.24) is 20.4 Å². The monoisotopic (exact) mass is 430 g/mol. The SMILES string of the molecule is COc1ccccc1-c1nnc(CSc2nnc(-c3cc(Cl)ccc3OC)o2)o1. The molecule has 0 unspecified atom stereocenters. The highest BCUT2D eigenvalue weighted by Gasteiger charge is 2.17. The molecule has 0 atom stereocenters. The Morgan fingerprint density at radius 1 is 0.862 bits per heavy atom. The zero-order valence-electron chi connectivity index (χ0n) is 15.5. The summed E-state index contributed by atoms with van der Waals surface area (Å²) < 4.78 is 22.1. The van der Waals surface area contributed by atoms with E-state index in [1.54, 1.807) is 32.4 Å². The van der Waals surface area contributed by atoms with Crippen LogP contribution in [0.3, 0.4) is 0 Å². The smallest absolute Gasteiger partial charge is 0.277 e. The third kappa shape index (κ3) is 4.20. The van der Waals surface area contributed by atoms with E-state index in [0.717, 1.165) is 5.56 Å². The second-order valence-corrected chi connectivity index (χ2v) is 7.07. The lowest BCUT2D eigenvalue weighted by Gasteiger charge is -2.04. The molecule has 8 nitrogen and oxygen atoms in total. The molecule has 0 aliphatic carbocycles.